The molecule has 2 atom stereocenters. The highest BCUT2D eigenvalue weighted by molar-refractivity contribution is 7.26. The van der Waals surface area contributed by atoms with Crippen molar-refractivity contribution >= 4 is 64.7 Å². The van der Waals surface area contributed by atoms with E-state index in [1.54, 1.807) is 0 Å². The average Bonchev–Trinajstić information content (AvgIpc) is 3.78. The summed E-state index contributed by atoms with van der Waals surface area (Å²) in [4.78, 5) is 5.56. The maximum atomic E-state index is 6.55. The van der Waals surface area contributed by atoms with Crippen molar-refractivity contribution in [3.63, 3.8) is 0 Å². The lowest BCUT2D eigenvalue weighted by atomic mass is 9.83. The maximum absolute atomic E-state index is 6.55. The molecule has 9 aromatic rings. The summed E-state index contributed by atoms with van der Waals surface area (Å²) in [5, 5.41) is 4.77. The number of rotatable bonds is 8. The van der Waals surface area contributed by atoms with Gasteiger partial charge >= 0.3 is 0 Å². The molecule has 0 N–H and O–H groups in total. The average molecular weight is 688 g/mol. The molecule has 2 nitrogen and oxygen atoms in total. The minimum atomic E-state index is -0.212. The second-order valence-corrected chi connectivity index (χ2v) is 14.6. The summed E-state index contributed by atoms with van der Waals surface area (Å²) in [6.07, 6.45) is 0. The zero-order chi connectivity index (χ0) is 35.2. The Bertz CT molecular complexity index is 2770. The van der Waals surface area contributed by atoms with Crippen molar-refractivity contribution in [2.24, 2.45) is 10.9 Å². The van der Waals surface area contributed by atoms with Gasteiger partial charge in [0.15, 0.2) is 0 Å². The molecule has 250 valence electrons. The molecule has 2 unspecified atom stereocenters. The number of furan rings is 1. The van der Waals surface area contributed by atoms with Gasteiger partial charge in [-0.2, -0.15) is 0 Å². The van der Waals surface area contributed by atoms with Crippen LogP contribution in [0.1, 0.15) is 36.6 Å². The fraction of sp³-hybridized carbons (Fsp3) is 0.0816. The second kappa shape index (κ2) is 13.3. The summed E-state index contributed by atoms with van der Waals surface area (Å²) < 4.78 is 9.12. The van der Waals surface area contributed by atoms with Crippen LogP contribution in [0.3, 0.4) is 0 Å². The molecular formula is C49H37NOS. The Balaban J connectivity index is 1.18. The van der Waals surface area contributed by atoms with E-state index in [4.69, 9.17) is 16.0 Å². The van der Waals surface area contributed by atoms with Gasteiger partial charge in [0.25, 0.3) is 0 Å². The highest BCUT2D eigenvalue weighted by Crippen LogP contribution is 2.45. The zero-order valence-electron chi connectivity index (χ0n) is 29.2. The first kappa shape index (κ1) is 31.9. The summed E-state index contributed by atoms with van der Waals surface area (Å²) in [5.41, 5.74) is 12.0. The topological polar surface area (TPSA) is 25.5 Å². The molecule has 9 rings (SSSR count). The first-order valence-electron chi connectivity index (χ1n) is 17.8. The molecule has 0 amide bonds. The third kappa shape index (κ3) is 5.64. The van der Waals surface area contributed by atoms with Crippen molar-refractivity contribution in [3.05, 3.63) is 187 Å². The Hall–Kier alpha value is -6.03. The van der Waals surface area contributed by atoms with Crippen molar-refractivity contribution in [1.82, 2.24) is 0 Å². The normalized spacial score (nSPS) is 13.2. The van der Waals surface area contributed by atoms with Gasteiger partial charge in [0.05, 0.1) is 6.04 Å². The number of hydrogen-bond donors (Lipinski definition) is 0. The molecule has 0 saturated heterocycles. The predicted molar refractivity (Wildman–Crippen MR) is 224 cm³/mol. The standard InChI is InChI=1S/C49H37NOS/c1-31(39-19-12-20-41-40-18-10-11-23-46(40)52-49(39)41)32(2)48(50-33(3)34-14-6-4-7-15-34)42-21-13-22-45-47(42)43-30-38(28-29-44(43)51-45)37-26-24-36(25-27-37)35-16-8-5-9-17-35/h4-30,32,48H,1H2,2-3H3. The first-order valence-corrected chi connectivity index (χ1v) is 18.7. The van der Waals surface area contributed by atoms with Crippen LogP contribution in [0.5, 0.6) is 0 Å². The quantitative estimate of drug-likeness (QED) is 0.146. The van der Waals surface area contributed by atoms with Gasteiger partial charge in [0.2, 0.25) is 0 Å². The van der Waals surface area contributed by atoms with Crippen LogP contribution in [0.4, 0.5) is 0 Å². The second-order valence-electron chi connectivity index (χ2n) is 13.6. The third-order valence-electron chi connectivity index (χ3n) is 10.5. The molecule has 2 heterocycles. The Kier molecular flexibility index (Phi) is 8.14. The van der Waals surface area contributed by atoms with Gasteiger partial charge in [-0.3, -0.25) is 4.99 Å². The number of benzene rings is 7. The lowest BCUT2D eigenvalue weighted by Crippen LogP contribution is -2.12. The van der Waals surface area contributed by atoms with Crippen LogP contribution in [0.25, 0.3) is 69.9 Å². The van der Waals surface area contributed by atoms with Gasteiger partial charge in [-0.1, -0.05) is 153 Å². The Morgan fingerprint density at radius 1 is 0.596 bits per heavy atom. The molecule has 0 aliphatic heterocycles. The molecule has 52 heavy (non-hydrogen) atoms. The highest BCUT2D eigenvalue weighted by Gasteiger charge is 2.27. The number of thiophene rings is 1. The van der Waals surface area contributed by atoms with E-state index in [9.17, 15) is 0 Å². The molecule has 2 aromatic heterocycles. The molecule has 0 bridgehead atoms. The Labute approximate surface area is 308 Å². The van der Waals surface area contributed by atoms with Crippen LogP contribution in [-0.2, 0) is 0 Å². The maximum Gasteiger partial charge on any atom is 0.135 e. The summed E-state index contributed by atoms with van der Waals surface area (Å²) in [7, 11) is 0. The highest BCUT2D eigenvalue weighted by atomic mass is 32.1. The first-order chi connectivity index (χ1) is 25.5. The lowest BCUT2D eigenvalue weighted by molar-refractivity contribution is 0.588. The summed E-state index contributed by atoms with van der Waals surface area (Å²) >= 11 is 1.85. The number of aliphatic imine (C=N–C) groups is 1. The SMILES string of the molecule is C=C(c1cccc2c1sc1ccccc12)C(C)C(N=C(C)c1ccccc1)c1cccc2oc3ccc(-c4ccc(-c5ccccc5)cc4)cc3c12. The van der Waals surface area contributed by atoms with Crippen molar-refractivity contribution in [2.45, 2.75) is 19.9 Å². The van der Waals surface area contributed by atoms with E-state index in [-0.39, 0.29) is 12.0 Å². The zero-order valence-corrected chi connectivity index (χ0v) is 30.0. The van der Waals surface area contributed by atoms with Gasteiger partial charge in [0.1, 0.15) is 11.2 Å². The summed E-state index contributed by atoms with van der Waals surface area (Å²) in [5.74, 6) is -0.0151. The van der Waals surface area contributed by atoms with Crippen LogP contribution >= 0.6 is 11.3 Å². The van der Waals surface area contributed by atoms with Crippen molar-refractivity contribution < 1.29 is 4.42 Å². The van der Waals surface area contributed by atoms with Gasteiger partial charge in [0, 0.05) is 42.6 Å². The Morgan fingerprint density at radius 2 is 1.23 bits per heavy atom. The minimum absolute atomic E-state index is 0.0151. The van der Waals surface area contributed by atoms with Gasteiger partial charge in [-0.15, -0.1) is 11.3 Å². The van der Waals surface area contributed by atoms with E-state index in [0.29, 0.717) is 0 Å². The van der Waals surface area contributed by atoms with E-state index in [1.807, 2.05) is 11.3 Å². The molecule has 7 aromatic carbocycles. The molecule has 0 saturated carbocycles. The monoisotopic (exact) mass is 687 g/mol. The van der Waals surface area contributed by atoms with Crippen molar-refractivity contribution in [1.29, 1.82) is 0 Å². The van der Waals surface area contributed by atoms with Crippen LogP contribution < -0.4 is 0 Å². The fourth-order valence-corrected chi connectivity index (χ4v) is 8.87. The van der Waals surface area contributed by atoms with E-state index in [2.05, 4.69) is 178 Å². The van der Waals surface area contributed by atoms with Crippen LogP contribution in [0.15, 0.2) is 180 Å². The van der Waals surface area contributed by atoms with E-state index >= 15 is 0 Å². The molecule has 0 fully saturated rings. The van der Waals surface area contributed by atoms with Gasteiger partial charge in [-0.05, 0) is 75.7 Å². The van der Waals surface area contributed by atoms with Gasteiger partial charge < -0.3 is 4.42 Å². The Morgan fingerprint density at radius 3 is 2.02 bits per heavy atom. The van der Waals surface area contributed by atoms with Crippen LogP contribution in [0.2, 0.25) is 0 Å². The molecule has 3 heteroatoms. The van der Waals surface area contributed by atoms with Gasteiger partial charge in [-0.25, -0.2) is 0 Å². The summed E-state index contributed by atoms with van der Waals surface area (Å²) in [6, 6.07) is 57.9. The van der Waals surface area contributed by atoms with Crippen molar-refractivity contribution in [2.75, 3.05) is 0 Å². The fourth-order valence-electron chi connectivity index (χ4n) is 7.62. The molecule has 0 spiro atoms. The number of fused-ring (bicyclic) bond motifs is 6. The smallest absolute Gasteiger partial charge is 0.135 e. The molecule has 0 radical (unpaired) electrons. The minimum Gasteiger partial charge on any atom is -0.456 e. The molecular weight excluding hydrogens is 651 g/mol. The van der Waals surface area contributed by atoms with Crippen LogP contribution in [-0.4, -0.2) is 5.71 Å². The van der Waals surface area contributed by atoms with Crippen LogP contribution in [0, 0.1) is 5.92 Å². The van der Waals surface area contributed by atoms with E-state index < -0.39 is 0 Å². The molecule has 0 aliphatic rings. The third-order valence-corrected chi connectivity index (χ3v) is 11.7. The largest absolute Gasteiger partial charge is 0.456 e. The summed E-state index contributed by atoms with van der Waals surface area (Å²) in [6.45, 7) is 9.20. The van der Waals surface area contributed by atoms with E-state index in [1.165, 1.54) is 42.4 Å². The number of hydrogen-bond acceptors (Lipinski definition) is 3. The molecule has 0 aliphatic carbocycles. The van der Waals surface area contributed by atoms with Crippen molar-refractivity contribution in [3.8, 4) is 22.3 Å². The number of nitrogens with zero attached hydrogens (tertiary/aromatic N) is 1. The lowest BCUT2D eigenvalue weighted by Gasteiger charge is -2.25. The predicted octanol–water partition coefficient (Wildman–Crippen LogP) is 14.2. The van der Waals surface area contributed by atoms with E-state index in [0.717, 1.165) is 49.9 Å².